The molecule has 1 heterocycles. The molecule has 2 amide bonds. The van der Waals surface area contributed by atoms with E-state index in [1.807, 2.05) is 0 Å². The van der Waals surface area contributed by atoms with Gasteiger partial charge in [-0.2, -0.15) is 5.10 Å². The Morgan fingerprint density at radius 1 is 1.04 bits per heavy atom. The minimum atomic E-state index is -0.518. The normalized spacial score (nSPS) is 10.6. The molecule has 0 atom stereocenters. The Morgan fingerprint density at radius 2 is 1.82 bits per heavy atom. The summed E-state index contributed by atoms with van der Waals surface area (Å²) in [7, 11) is 0. The first-order valence-electron chi connectivity index (χ1n) is 8.14. The summed E-state index contributed by atoms with van der Waals surface area (Å²) in [6.07, 6.45) is 2.90. The molecule has 0 unspecified atom stereocenters. The number of amides is 2. The highest BCUT2D eigenvalue weighted by atomic mass is 79.9. The van der Waals surface area contributed by atoms with E-state index in [4.69, 9.17) is 0 Å². The van der Waals surface area contributed by atoms with Crippen LogP contribution in [0.1, 0.15) is 26.4 Å². The third-order valence-corrected chi connectivity index (χ3v) is 4.11. The highest BCUT2D eigenvalue weighted by Crippen LogP contribution is 2.21. The molecule has 1 aromatic heterocycles. The number of halogens is 2. The fourth-order valence-electron chi connectivity index (χ4n) is 2.27. The Labute approximate surface area is 168 Å². The van der Waals surface area contributed by atoms with Gasteiger partial charge in [0, 0.05) is 10.7 Å². The van der Waals surface area contributed by atoms with Crippen LogP contribution in [0.15, 0.2) is 76.4 Å². The number of aromatic nitrogens is 1. The van der Waals surface area contributed by atoms with Crippen LogP contribution >= 0.6 is 15.9 Å². The van der Waals surface area contributed by atoms with Gasteiger partial charge in [-0.1, -0.05) is 34.1 Å². The van der Waals surface area contributed by atoms with Crippen LogP contribution in [0.3, 0.4) is 0 Å². The highest BCUT2D eigenvalue weighted by Gasteiger charge is 2.15. The fraction of sp³-hybridized carbons (Fsp3) is 0. The van der Waals surface area contributed by atoms with E-state index in [9.17, 15) is 14.0 Å². The lowest BCUT2D eigenvalue weighted by Gasteiger charge is -2.10. The predicted octanol–water partition coefficient (Wildman–Crippen LogP) is 4.00. The first kappa shape index (κ1) is 19.4. The number of carbonyl (C=O) groups excluding carboxylic acids is 2. The number of nitrogens with zero attached hydrogens (tertiary/aromatic N) is 2. The molecule has 3 aromatic rings. The van der Waals surface area contributed by atoms with Crippen LogP contribution < -0.4 is 10.7 Å². The Balaban J connectivity index is 1.75. The SMILES string of the molecule is O=C(Nc1ccc(Br)cc1C(=O)NN=Cc1ccc(F)cc1)c1ccccn1. The van der Waals surface area contributed by atoms with Crippen LogP contribution in [-0.2, 0) is 0 Å². The van der Waals surface area contributed by atoms with Crippen molar-refractivity contribution in [3.05, 3.63) is 94.0 Å². The van der Waals surface area contributed by atoms with Gasteiger partial charge in [0.25, 0.3) is 11.8 Å². The Kier molecular flexibility index (Phi) is 6.23. The number of hydrogen-bond donors (Lipinski definition) is 2. The molecule has 0 aliphatic rings. The van der Waals surface area contributed by atoms with Gasteiger partial charge in [0.05, 0.1) is 17.5 Å². The molecule has 0 saturated carbocycles. The van der Waals surface area contributed by atoms with E-state index in [-0.39, 0.29) is 17.1 Å². The van der Waals surface area contributed by atoms with Crippen molar-refractivity contribution in [2.45, 2.75) is 0 Å². The van der Waals surface area contributed by atoms with E-state index >= 15 is 0 Å². The smallest absolute Gasteiger partial charge is 0.274 e. The number of rotatable bonds is 5. The monoisotopic (exact) mass is 440 g/mol. The molecule has 0 aliphatic carbocycles. The van der Waals surface area contributed by atoms with Crippen molar-refractivity contribution in [1.29, 1.82) is 0 Å². The average Bonchev–Trinajstić information content (AvgIpc) is 2.71. The zero-order chi connectivity index (χ0) is 19.9. The highest BCUT2D eigenvalue weighted by molar-refractivity contribution is 9.10. The fourth-order valence-corrected chi connectivity index (χ4v) is 2.63. The third kappa shape index (κ3) is 5.08. The molecule has 2 N–H and O–H groups in total. The lowest BCUT2D eigenvalue weighted by Crippen LogP contribution is -2.21. The third-order valence-electron chi connectivity index (χ3n) is 3.62. The van der Waals surface area contributed by atoms with E-state index in [0.717, 1.165) is 0 Å². The summed E-state index contributed by atoms with van der Waals surface area (Å²) in [5.41, 5.74) is 3.77. The molecule has 2 aromatic carbocycles. The van der Waals surface area contributed by atoms with Crippen molar-refractivity contribution in [2.24, 2.45) is 5.10 Å². The van der Waals surface area contributed by atoms with Gasteiger partial charge >= 0.3 is 0 Å². The summed E-state index contributed by atoms with van der Waals surface area (Å²) in [6.45, 7) is 0. The number of carbonyl (C=O) groups is 2. The van der Waals surface area contributed by atoms with Crippen molar-refractivity contribution in [2.75, 3.05) is 5.32 Å². The van der Waals surface area contributed by atoms with Gasteiger partial charge in [-0.3, -0.25) is 14.6 Å². The summed E-state index contributed by atoms with van der Waals surface area (Å²) in [5.74, 6) is -1.31. The predicted molar refractivity (Wildman–Crippen MR) is 108 cm³/mol. The van der Waals surface area contributed by atoms with Gasteiger partial charge < -0.3 is 5.32 Å². The Hall–Kier alpha value is -3.39. The number of nitrogens with one attached hydrogen (secondary N) is 2. The quantitative estimate of drug-likeness (QED) is 0.464. The minimum Gasteiger partial charge on any atom is -0.320 e. The minimum absolute atomic E-state index is 0.218. The Bertz CT molecular complexity index is 1020. The van der Waals surface area contributed by atoms with Crippen LogP contribution in [0.5, 0.6) is 0 Å². The van der Waals surface area contributed by atoms with Crippen molar-refractivity contribution in [3.8, 4) is 0 Å². The number of anilines is 1. The lowest BCUT2D eigenvalue weighted by atomic mass is 10.1. The van der Waals surface area contributed by atoms with E-state index in [0.29, 0.717) is 15.7 Å². The number of hydrazone groups is 1. The van der Waals surface area contributed by atoms with Crippen LogP contribution in [0, 0.1) is 5.82 Å². The second kappa shape index (κ2) is 9.01. The van der Waals surface area contributed by atoms with E-state index in [1.54, 1.807) is 36.4 Å². The van der Waals surface area contributed by atoms with Gasteiger partial charge in [-0.05, 0) is 48.0 Å². The largest absolute Gasteiger partial charge is 0.320 e. The van der Waals surface area contributed by atoms with Gasteiger partial charge in [0.2, 0.25) is 0 Å². The van der Waals surface area contributed by atoms with Crippen molar-refractivity contribution >= 4 is 39.6 Å². The zero-order valence-electron chi connectivity index (χ0n) is 14.4. The van der Waals surface area contributed by atoms with E-state index in [1.165, 1.54) is 36.7 Å². The maximum atomic E-state index is 12.9. The van der Waals surface area contributed by atoms with E-state index < -0.39 is 11.8 Å². The molecule has 0 radical (unpaired) electrons. The molecule has 0 bridgehead atoms. The topological polar surface area (TPSA) is 83.5 Å². The molecular weight excluding hydrogens is 427 g/mol. The molecule has 0 spiro atoms. The molecule has 0 saturated heterocycles. The second-order valence-electron chi connectivity index (χ2n) is 5.61. The maximum Gasteiger partial charge on any atom is 0.274 e. The first-order chi connectivity index (χ1) is 13.5. The van der Waals surface area contributed by atoms with Crippen LogP contribution in [-0.4, -0.2) is 23.0 Å². The standard InChI is InChI=1S/C20H14BrFN4O2/c21-14-6-9-17(25-20(28)18-3-1-2-10-23-18)16(11-14)19(27)26-24-12-13-4-7-15(22)8-5-13/h1-12H,(H,25,28)(H,26,27). The number of benzene rings is 2. The van der Waals surface area contributed by atoms with Gasteiger partial charge in [-0.15, -0.1) is 0 Å². The van der Waals surface area contributed by atoms with Crippen LogP contribution in [0.25, 0.3) is 0 Å². The summed E-state index contributed by atoms with van der Waals surface area (Å²) in [4.78, 5) is 28.8. The Morgan fingerprint density at radius 3 is 2.54 bits per heavy atom. The van der Waals surface area contributed by atoms with Crippen LogP contribution in [0.2, 0.25) is 0 Å². The summed E-state index contributed by atoms with van der Waals surface area (Å²) >= 11 is 3.31. The molecule has 0 fully saturated rings. The number of pyridine rings is 1. The first-order valence-corrected chi connectivity index (χ1v) is 8.93. The number of hydrogen-bond acceptors (Lipinski definition) is 4. The molecule has 28 heavy (non-hydrogen) atoms. The molecule has 6 nitrogen and oxygen atoms in total. The van der Waals surface area contributed by atoms with Crippen molar-refractivity contribution < 1.29 is 14.0 Å². The maximum absolute atomic E-state index is 12.9. The molecule has 8 heteroatoms. The van der Waals surface area contributed by atoms with Crippen LogP contribution in [0.4, 0.5) is 10.1 Å². The molecule has 3 rings (SSSR count). The van der Waals surface area contributed by atoms with Crippen molar-refractivity contribution in [3.63, 3.8) is 0 Å². The molecule has 140 valence electrons. The zero-order valence-corrected chi connectivity index (χ0v) is 16.0. The van der Waals surface area contributed by atoms with Gasteiger partial charge in [0.1, 0.15) is 11.5 Å². The van der Waals surface area contributed by atoms with Gasteiger partial charge in [0.15, 0.2) is 0 Å². The van der Waals surface area contributed by atoms with Crippen molar-refractivity contribution in [1.82, 2.24) is 10.4 Å². The summed E-state index contributed by atoms with van der Waals surface area (Å²) in [5, 5.41) is 6.54. The average molecular weight is 441 g/mol. The molecule has 0 aliphatic heterocycles. The van der Waals surface area contributed by atoms with E-state index in [2.05, 4.69) is 36.8 Å². The summed E-state index contributed by atoms with van der Waals surface area (Å²) < 4.78 is 13.6. The second-order valence-corrected chi connectivity index (χ2v) is 6.53. The molecular formula is C20H14BrFN4O2. The van der Waals surface area contributed by atoms with Gasteiger partial charge in [-0.25, -0.2) is 9.82 Å². The summed E-state index contributed by atoms with van der Waals surface area (Å²) in [6, 6.07) is 15.5. The lowest BCUT2D eigenvalue weighted by molar-refractivity contribution is 0.0956.